The van der Waals surface area contributed by atoms with Crippen molar-refractivity contribution in [2.24, 2.45) is 5.92 Å². The highest BCUT2D eigenvalue weighted by molar-refractivity contribution is 5.60. The normalized spacial score (nSPS) is 23.6. The van der Waals surface area contributed by atoms with Crippen molar-refractivity contribution in [1.82, 2.24) is 14.9 Å². The molecule has 0 spiro atoms. The third kappa shape index (κ3) is 2.96. The lowest BCUT2D eigenvalue weighted by atomic mass is 9.94. The van der Waals surface area contributed by atoms with E-state index in [2.05, 4.69) is 34.2 Å². The van der Waals surface area contributed by atoms with Gasteiger partial charge in [-0.25, -0.2) is 4.98 Å². The molecule has 0 bridgehead atoms. The third-order valence-electron chi connectivity index (χ3n) is 3.69. The molecule has 1 aliphatic heterocycles. The first-order valence-electron chi connectivity index (χ1n) is 6.62. The molecule has 20 heavy (non-hydrogen) atoms. The highest BCUT2D eigenvalue weighted by Gasteiger charge is 2.28. The quantitative estimate of drug-likeness (QED) is 0.628. The Hall–Kier alpha value is -1.96. The minimum atomic E-state index is -0.462. The van der Waals surface area contributed by atoms with Gasteiger partial charge in [0, 0.05) is 12.6 Å². The standard InChI is InChI=1S/C12H20N6O2/c1-7-6-17(3)5-4-9(7)15-11-10(18(19)20)8(2)14-12(13)16-11/h7,9H,4-6H2,1-3H3,(H3,13,14,15,16). The van der Waals surface area contributed by atoms with E-state index in [0.29, 0.717) is 5.92 Å². The number of rotatable bonds is 3. The Kier molecular flexibility index (Phi) is 4.03. The molecule has 1 saturated heterocycles. The average Bonchev–Trinajstić information content (AvgIpc) is 2.31. The average molecular weight is 280 g/mol. The number of hydrogen-bond acceptors (Lipinski definition) is 7. The smallest absolute Gasteiger partial charge is 0.332 e. The summed E-state index contributed by atoms with van der Waals surface area (Å²) in [5.74, 6) is 0.655. The molecule has 110 valence electrons. The maximum atomic E-state index is 11.2. The summed E-state index contributed by atoms with van der Waals surface area (Å²) in [6.07, 6.45) is 0.914. The molecule has 2 rings (SSSR count). The zero-order valence-corrected chi connectivity index (χ0v) is 12.0. The molecular weight excluding hydrogens is 260 g/mol. The van der Waals surface area contributed by atoms with Crippen LogP contribution in [0, 0.1) is 23.0 Å². The van der Waals surface area contributed by atoms with Gasteiger partial charge in [-0.3, -0.25) is 10.1 Å². The lowest BCUT2D eigenvalue weighted by Crippen LogP contribution is -2.43. The van der Waals surface area contributed by atoms with Gasteiger partial charge in [0.15, 0.2) is 0 Å². The van der Waals surface area contributed by atoms with Gasteiger partial charge in [0.2, 0.25) is 11.8 Å². The summed E-state index contributed by atoms with van der Waals surface area (Å²) in [7, 11) is 2.07. The Morgan fingerprint density at radius 1 is 1.50 bits per heavy atom. The molecule has 2 unspecified atom stereocenters. The van der Waals surface area contributed by atoms with Gasteiger partial charge in [0.25, 0.3) is 0 Å². The first kappa shape index (κ1) is 14.4. The SMILES string of the molecule is Cc1nc(N)nc(NC2CCN(C)CC2C)c1[N+](=O)[O-]. The van der Waals surface area contributed by atoms with E-state index in [1.54, 1.807) is 6.92 Å². The van der Waals surface area contributed by atoms with Crippen LogP contribution in [0.25, 0.3) is 0 Å². The molecule has 1 aromatic rings. The van der Waals surface area contributed by atoms with Gasteiger partial charge in [-0.05, 0) is 32.9 Å². The Morgan fingerprint density at radius 3 is 2.80 bits per heavy atom. The second-order valence-electron chi connectivity index (χ2n) is 5.40. The Bertz CT molecular complexity index is 521. The minimum Gasteiger partial charge on any atom is -0.368 e. The zero-order valence-electron chi connectivity index (χ0n) is 12.0. The summed E-state index contributed by atoms with van der Waals surface area (Å²) < 4.78 is 0. The van der Waals surface area contributed by atoms with Crippen LogP contribution < -0.4 is 11.1 Å². The molecule has 1 aliphatic rings. The fourth-order valence-electron chi connectivity index (χ4n) is 2.65. The molecule has 8 nitrogen and oxygen atoms in total. The summed E-state index contributed by atoms with van der Waals surface area (Å²) in [4.78, 5) is 20.8. The molecule has 0 saturated carbocycles. The van der Waals surface area contributed by atoms with Gasteiger partial charge in [-0.2, -0.15) is 4.98 Å². The van der Waals surface area contributed by atoms with E-state index in [1.165, 1.54) is 0 Å². The van der Waals surface area contributed by atoms with Gasteiger partial charge in [-0.1, -0.05) is 6.92 Å². The van der Waals surface area contributed by atoms with Crippen LogP contribution in [-0.4, -0.2) is 46.0 Å². The molecule has 2 atom stereocenters. The molecule has 8 heteroatoms. The number of likely N-dealkylation sites (tertiary alicyclic amines) is 1. The number of aryl methyl sites for hydroxylation is 1. The molecule has 0 aliphatic carbocycles. The molecule has 0 aromatic carbocycles. The van der Waals surface area contributed by atoms with Crippen molar-refractivity contribution < 1.29 is 4.92 Å². The minimum absolute atomic E-state index is 0.0520. The van der Waals surface area contributed by atoms with E-state index in [4.69, 9.17) is 5.73 Å². The molecular formula is C12H20N6O2. The lowest BCUT2D eigenvalue weighted by Gasteiger charge is -2.35. The van der Waals surface area contributed by atoms with Crippen LogP contribution in [-0.2, 0) is 0 Å². The number of nitrogen functional groups attached to an aromatic ring is 1. The molecule has 0 amide bonds. The zero-order chi connectivity index (χ0) is 14.9. The van der Waals surface area contributed by atoms with Gasteiger partial charge >= 0.3 is 5.69 Å². The predicted molar refractivity (Wildman–Crippen MR) is 76.5 cm³/mol. The van der Waals surface area contributed by atoms with Crippen LogP contribution >= 0.6 is 0 Å². The van der Waals surface area contributed by atoms with Gasteiger partial charge in [-0.15, -0.1) is 0 Å². The predicted octanol–water partition coefficient (Wildman–Crippen LogP) is 1.03. The van der Waals surface area contributed by atoms with E-state index >= 15 is 0 Å². The molecule has 3 N–H and O–H groups in total. The highest BCUT2D eigenvalue weighted by Crippen LogP contribution is 2.28. The number of aromatic nitrogens is 2. The Labute approximate surface area is 117 Å². The number of nitro groups is 1. The Morgan fingerprint density at radius 2 is 2.20 bits per heavy atom. The molecule has 1 fully saturated rings. The van der Waals surface area contributed by atoms with Crippen LogP contribution in [0.5, 0.6) is 0 Å². The number of nitrogens with zero attached hydrogens (tertiary/aromatic N) is 4. The van der Waals surface area contributed by atoms with Crippen LogP contribution in [0.4, 0.5) is 17.5 Å². The topological polar surface area (TPSA) is 110 Å². The Balaban J connectivity index is 2.26. The van der Waals surface area contributed by atoms with Crippen LogP contribution in [0.3, 0.4) is 0 Å². The monoisotopic (exact) mass is 280 g/mol. The van der Waals surface area contributed by atoms with Gasteiger partial charge < -0.3 is 16.0 Å². The summed E-state index contributed by atoms with van der Waals surface area (Å²) in [6, 6.07) is 0.151. The van der Waals surface area contributed by atoms with Crippen molar-refractivity contribution in [2.75, 3.05) is 31.2 Å². The van der Waals surface area contributed by atoms with Gasteiger partial charge in [0.05, 0.1) is 4.92 Å². The first-order chi connectivity index (χ1) is 9.38. The maximum absolute atomic E-state index is 11.2. The van der Waals surface area contributed by atoms with E-state index in [0.717, 1.165) is 19.5 Å². The molecule has 1 aromatic heterocycles. The number of hydrogen-bond donors (Lipinski definition) is 2. The maximum Gasteiger partial charge on any atom is 0.332 e. The largest absolute Gasteiger partial charge is 0.368 e. The van der Waals surface area contributed by atoms with Gasteiger partial charge in [0.1, 0.15) is 5.69 Å². The van der Waals surface area contributed by atoms with E-state index < -0.39 is 4.92 Å². The third-order valence-corrected chi connectivity index (χ3v) is 3.69. The summed E-state index contributed by atoms with van der Waals surface area (Å²) in [6.45, 7) is 5.59. The fraction of sp³-hybridized carbons (Fsp3) is 0.667. The first-order valence-corrected chi connectivity index (χ1v) is 6.62. The molecule has 2 heterocycles. The number of nitrogens with two attached hydrogens (primary N) is 1. The summed E-state index contributed by atoms with van der Waals surface area (Å²) in [5.41, 5.74) is 5.79. The lowest BCUT2D eigenvalue weighted by molar-refractivity contribution is -0.385. The summed E-state index contributed by atoms with van der Waals surface area (Å²) >= 11 is 0. The van der Waals surface area contributed by atoms with E-state index in [1.807, 2.05) is 0 Å². The van der Waals surface area contributed by atoms with Crippen molar-refractivity contribution in [3.63, 3.8) is 0 Å². The van der Waals surface area contributed by atoms with Crippen molar-refractivity contribution >= 4 is 17.5 Å². The van der Waals surface area contributed by atoms with E-state index in [9.17, 15) is 10.1 Å². The van der Waals surface area contributed by atoms with E-state index in [-0.39, 0.29) is 29.2 Å². The van der Waals surface area contributed by atoms with Crippen molar-refractivity contribution in [2.45, 2.75) is 26.3 Å². The highest BCUT2D eigenvalue weighted by atomic mass is 16.6. The number of anilines is 2. The number of piperidine rings is 1. The second-order valence-corrected chi connectivity index (χ2v) is 5.40. The van der Waals surface area contributed by atoms with Crippen LogP contribution in [0.1, 0.15) is 19.0 Å². The van der Waals surface area contributed by atoms with Crippen molar-refractivity contribution in [3.8, 4) is 0 Å². The van der Waals surface area contributed by atoms with Crippen molar-refractivity contribution in [3.05, 3.63) is 15.8 Å². The van der Waals surface area contributed by atoms with Crippen molar-refractivity contribution in [1.29, 1.82) is 0 Å². The second kappa shape index (κ2) is 5.58. The molecule has 0 radical (unpaired) electrons. The number of nitrogens with one attached hydrogen (secondary N) is 1. The van der Waals surface area contributed by atoms with Crippen LogP contribution in [0.15, 0.2) is 0 Å². The van der Waals surface area contributed by atoms with Crippen LogP contribution in [0.2, 0.25) is 0 Å². The summed E-state index contributed by atoms with van der Waals surface area (Å²) in [5, 5.41) is 14.3. The fourth-order valence-corrected chi connectivity index (χ4v) is 2.65.